The third-order valence-electron chi connectivity index (χ3n) is 3.32. The quantitative estimate of drug-likeness (QED) is 0.700. The van der Waals surface area contributed by atoms with Crippen LogP contribution in [0.5, 0.6) is 0 Å². The first-order chi connectivity index (χ1) is 11.8. The molecular weight excluding hydrogens is 344 g/mol. The van der Waals surface area contributed by atoms with Gasteiger partial charge in [0.25, 0.3) is 10.0 Å². The Kier molecular flexibility index (Phi) is 5.76. The van der Waals surface area contributed by atoms with E-state index in [0.29, 0.717) is 17.8 Å². The van der Waals surface area contributed by atoms with Crippen molar-refractivity contribution in [2.24, 2.45) is 0 Å². The summed E-state index contributed by atoms with van der Waals surface area (Å²) >= 11 is 0. The molecule has 2 aromatic rings. The molecule has 0 aromatic heterocycles. The highest BCUT2D eigenvalue weighted by atomic mass is 32.2. The molecule has 0 aliphatic rings. The van der Waals surface area contributed by atoms with Crippen molar-refractivity contribution >= 4 is 33.3 Å². The van der Waals surface area contributed by atoms with Gasteiger partial charge in [-0.3, -0.25) is 14.3 Å². The number of hydrogen-bond acceptors (Lipinski definition) is 4. The van der Waals surface area contributed by atoms with Gasteiger partial charge in [-0.05, 0) is 48.4 Å². The molecule has 0 saturated heterocycles. The maximum absolute atomic E-state index is 12.4. The van der Waals surface area contributed by atoms with Crippen LogP contribution in [0.1, 0.15) is 18.9 Å². The van der Waals surface area contributed by atoms with Gasteiger partial charge in [0, 0.05) is 24.7 Å². The largest absolute Gasteiger partial charge is 0.481 e. The molecule has 2 aromatic carbocycles. The van der Waals surface area contributed by atoms with Gasteiger partial charge in [-0.2, -0.15) is 0 Å². The topological polar surface area (TPSA) is 113 Å². The van der Waals surface area contributed by atoms with Gasteiger partial charge in [-0.25, -0.2) is 8.42 Å². The molecule has 25 heavy (non-hydrogen) atoms. The fraction of sp³-hybridized carbons (Fsp3) is 0.176. The maximum Gasteiger partial charge on any atom is 0.303 e. The molecule has 3 N–H and O–H groups in total. The third kappa shape index (κ3) is 5.61. The van der Waals surface area contributed by atoms with Crippen molar-refractivity contribution < 1.29 is 23.1 Å². The Balaban J connectivity index is 2.07. The van der Waals surface area contributed by atoms with Crippen LogP contribution in [0, 0.1) is 0 Å². The molecule has 7 nitrogen and oxygen atoms in total. The van der Waals surface area contributed by atoms with Crippen molar-refractivity contribution in [1.82, 2.24) is 0 Å². The predicted octanol–water partition coefficient (Wildman–Crippen LogP) is 2.46. The van der Waals surface area contributed by atoms with Crippen LogP contribution in [0.3, 0.4) is 0 Å². The zero-order chi connectivity index (χ0) is 18.4. The van der Waals surface area contributed by atoms with E-state index in [4.69, 9.17) is 5.11 Å². The second-order valence-corrected chi connectivity index (χ2v) is 7.08. The van der Waals surface area contributed by atoms with Crippen molar-refractivity contribution in [3.63, 3.8) is 0 Å². The van der Waals surface area contributed by atoms with E-state index < -0.39 is 16.0 Å². The SMILES string of the molecule is CC(=O)Nc1ccc(S(=O)(=O)Nc2ccc(CCC(=O)O)cc2)cc1. The number of hydrogen-bond donors (Lipinski definition) is 3. The van der Waals surface area contributed by atoms with E-state index >= 15 is 0 Å². The summed E-state index contributed by atoms with van der Waals surface area (Å²) < 4.78 is 27.2. The normalized spacial score (nSPS) is 10.9. The lowest BCUT2D eigenvalue weighted by Crippen LogP contribution is -2.13. The molecule has 0 heterocycles. The average molecular weight is 362 g/mol. The van der Waals surface area contributed by atoms with Crippen LogP contribution in [-0.2, 0) is 26.0 Å². The number of nitrogens with one attached hydrogen (secondary N) is 2. The summed E-state index contributed by atoms with van der Waals surface area (Å²) in [6, 6.07) is 12.3. The number of benzene rings is 2. The Morgan fingerprint density at radius 1 is 0.960 bits per heavy atom. The van der Waals surface area contributed by atoms with Gasteiger partial charge in [0.05, 0.1) is 4.90 Å². The average Bonchev–Trinajstić information content (AvgIpc) is 2.54. The summed E-state index contributed by atoms with van der Waals surface area (Å²) in [5.74, 6) is -1.12. The summed E-state index contributed by atoms with van der Waals surface area (Å²) in [6.07, 6.45) is 0.401. The van der Waals surface area contributed by atoms with Crippen LogP contribution in [0.15, 0.2) is 53.4 Å². The molecule has 132 valence electrons. The molecule has 0 unspecified atom stereocenters. The monoisotopic (exact) mass is 362 g/mol. The summed E-state index contributed by atoms with van der Waals surface area (Å²) in [4.78, 5) is 21.6. The van der Waals surface area contributed by atoms with E-state index in [-0.39, 0.29) is 17.2 Å². The lowest BCUT2D eigenvalue weighted by molar-refractivity contribution is -0.137. The Hall–Kier alpha value is -2.87. The predicted molar refractivity (Wildman–Crippen MR) is 94.0 cm³/mol. The summed E-state index contributed by atoms with van der Waals surface area (Å²) in [5.41, 5.74) is 1.70. The highest BCUT2D eigenvalue weighted by molar-refractivity contribution is 7.92. The molecule has 0 aliphatic heterocycles. The van der Waals surface area contributed by atoms with E-state index in [1.165, 1.54) is 31.2 Å². The number of amides is 1. The lowest BCUT2D eigenvalue weighted by atomic mass is 10.1. The number of carboxylic acids is 1. The van der Waals surface area contributed by atoms with E-state index in [0.717, 1.165) is 5.56 Å². The molecule has 0 fully saturated rings. The van der Waals surface area contributed by atoms with Crippen LogP contribution in [0.25, 0.3) is 0 Å². The van der Waals surface area contributed by atoms with Gasteiger partial charge < -0.3 is 10.4 Å². The second-order valence-electron chi connectivity index (χ2n) is 5.40. The van der Waals surface area contributed by atoms with Gasteiger partial charge in [0.2, 0.25) is 5.91 Å². The van der Waals surface area contributed by atoms with Crippen molar-refractivity contribution in [3.8, 4) is 0 Å². The minimum atomic E-state index is -3.75. The number of carbonyl (C=O) groups excluding carboxylic acids is 1. The van der Waals surface area contributed by atoms with Crippen molar-refractivity contribution in [2.75, 3.05) is 10.0 Å². The number of aryl methyl sites for hydroxylation is 1. The molecule has 2 rings (SSSR count). The number of anilines is 2. The molecule has 0 radical (unpaired) electrons. The first-order valence-electron chi connectivity index (χ1n) is 7.47. The van der Waals surface area contributed by atoms with Gasteiger partial charge in [0.1, 0.15) is 0 Å². The highest BCUT2D eigenvalue weighted by Gasteiger charge is 2.14. The lowest BCUT2D eigenvalue weighted by Gasteiger charge is -2.09. The molecular formula is C17H18N2O5S. The summed E-state index contributed by atoms with van der Waals surface area (Å²) in [7, 11) is -3.75. The molecule has 0 aliphatic carbocycles. The van der Waals surface area contributed by atoms with Gasteiger partial charge >= 0.3 is 5.97 Å². The van der Waals surface area contributed by atoms with E-state index in [9.17, 15) is 18.0 Å². The fourth-order valence-electron chi connectivity index (χ4n) is 2.13. The van der Waals surface area contributed by atoms with E-state index in [1.54, 1.807) is 24.3 Å². The molecule has 0 saturated carbocycles. The molecule has 0 atom stereocenters. The van der Waals surface area contributed by atoms with Crippen LogP contribution < -0.4 is 10.0 Å². The van der Waals surface area contributed by atoms with Crippen molar-refractivity contribution in [2.45, 2.75) is 24.7 Å². The minimum absolute atomic E-state index is 0.0196. The van der Waals surface area contributed by atoms with Gasteiger partial charge in [-0.1, -0.05) is 12.1 Å². The van der Waals surface area contributed by atoms with E-state index in [2.05, 4.69) is 10.0 Å². The number of aliphatic carboxylic acids is 1. The van der Waals surface area contributed by atoms with Crippen molar-refractivity contribution in [3.05, 3.63) is 54.1 Å². The van der Waals surface area contributed by atoms with Crippen LogP contribution in [0.2, 0.25) is 0 Å². The third-order valence-corrected chi connectivity index (χ3v) is 4.72. The van der Waals surface area contributed by atoms with Crippen LogP contribution in [-0.4, -0.2) is 25.4 Å². The number of carbonyl (C=O) groups is 2. The smallest absolute Gasteiger partial charge is 0.303 e. The summed E-state index contributed by atoms with van der Waals surface area (Å²) in [6.45, 7) is 1.37. The van der Waals surface area contributed by atoms with Gasteiger partial charge in [0.15, 0.2) is 0 Å². The standard InChI is InChI=1S/C17H18N2O5S/c1-12(20)18-14-7-9-16(10-8-14)25(23,24)19-15-5-2-13(3-6-15)4-11-17(21)22/h2-3,5-10,19H,4,11H2,1H3,(H,18,20)(H,21,22). The minimum Gasteiger partial charge on any atom is -0.481 e. The number of carboxylic acid groups (broad SMARTS) is 1. The summed E-state index contributed by atoms with van der Waals surface area (Å²) in [5, 5.41) is 11.2. The molecule has 0 bridgehead atoms. The molecule has 0 spiro atoms. The van der Waals surface area contributed by atoms with Crippen LogP contribution >= 0.6 is 0 Å². The number of sulfonamides is 1. The van der Waals surface area contributed by atoms with E-state index in [1.807, 2.05) is 0 Å². The molecule has 8 heteroatoms. The van der Waals surface area contributed by atoms with Gasteiger partial charge in [-0.15, -0.1) is 0 Å². The molecule has 1 amide bonds. The van der Waals surface area contributed by atoms with Crippen LogP contribution in [0.4, 0.5) is 11.4 Å². The Labute approximate surface area is 145 Å². The zero-order valence-corrected chi connectivity index (χ0v) is 14.3. The Bertz CT molecular complexity index is 859. The fourth-order valence-corrected chi connectivity index (χ4v) is 3.18. The highest BCUT2D eigenvalue weighted by Crippen LogP contribution is 2.19. The second kappa shape index (κ2) is 7.80. The Morgan fingerprint density at radius 2 is 1.52 bits per heavy atom. The first-order valence-corrected chi connectivity index (χ1v) is 8.96. The number of rotatable bonds is 7. The zero-order valence-electron chi connectivity index (χ0n) is 13.5. The maximum atomic E-state index is 12.4. The first kappa shape index (κ1) is 18.5. The van der Waals surface area contributed by atoms with Crippen molar-refractivity contribution in [1.29, 1.82) is 0 Å². The Morgan fingerprint density at radius 3 is 2.04 bits per heavy atom.